The van der Waals surface area contributed by atoms with Crippen LogP contribution in [0.15, 0.2) is 47.8 Å². The van der Waals surface area contributed by atoms with Crippen LogP contribution in [0.3, 0.4) is 0 Å². The van der Waals surface area contributed by atoms with Gasteiger partial charge < -0.3 is 20.5 Å². The van der Waals surface area contributed by atoms with Crippen LogP contribution in [0.5, 0.6) is 11.5 Å². The molecule has 0 radical (unpaired) electrons. The Bertz CT molecular complexity index is 1170. The van der Waals surface area contributed by atoms with E-state index in [-0.39, 0.29) is 12.7 Å². The zero-order valence-electron chi connectivity index (χ0n) is 13.9. The molecule has 27 heavy (non-hydrogen) atoms. The van der Waals surface area contributed by atoms with Gasteiger partial charge in [0.15, 0.2) is 11.5 Å². The lowest BCUT2D eigenvalue weighted by Crippen LogP contribution is -2.11. The summed E-state index contributed by atoms with van der Waals surface area (Å²) in [5, 5.41) is 5.66. The molecule has 4 aromatic rings. The van der Waals surface area contributed by atoms with Crippen LogP contribution in [-0.2, 0) is 0 Å². The van der Waals surface area contributed by atoms with Crippen LogP contribution in [0.1, 0.15) is 9.67 Å². The van der Waals surface area contributed by atoms with Gasteiger partial charge in [0.05, 0.1) is 16.3 Å². The molecule has 0 aliphatic carbocycles. The predicted octanol–water partition coefficient (Wildman–Crippen LogP) is 4.59. The van der Waals surface area contributed by atoms with Gasteiger partial charge in [-0.1, -0.05) is 6.07 Å². The van der Waals surface area contributed by atoms with E-state index in [4.69, 9.17) is 15.2 Å². The van der Waals surface area contributed by atoms with Crippen LogP contribution in [0.2, 0.25) is 0 Å². The van der Waals surface area contributed by atoms with Crippen molar-refractivity contribution >= 4 is 50.2 Å². The van der Waals surface area contributed by atoms with Crippen LogP contribution in [0, 0.1) is 0 Å². The zero-order chi connectivity index (χ0) is 18.4. The number of anilines is 2. The molecular formula is C19H13N3O3S2. The fourth-order valence-electron chi connectivity index (χ4n) is 2.89. The maximum Gasteiger partial charge on any atom is 0.267 e. The smallest absolute Gasteiger partial charge is 0.267 e. The molecule has 0 bridgehead atoms. The van der Waals surface area contributed by atoms with Crippen molar-refractivity contribution in [2.75, 3.05) is 17.8 Å². The van der Waals surface area contributed by atoms with Crippen molar-refractivity contribution in [2.45, 2.75) is 0 Å². The van der Waals surface area contributed by atoms with Crippen molar-refractivity contribution in [1.29, 1.82) is 0 Å². The van der Waals surface area contributed by atoms with Crippen LogP contribution in [0.4, 0.5) is 11.4 Å². The monoisotopic (exact) mass is 395 g/mol. The lowest BCUT2D eigenvalue weighted by Gasteiger charge is -2.05. The summed E-state index contributed by atoms with van der Waals surface area (Å²) in [4.78, 5) is 19.7. The number of amides is 1. The summed E-state index contributed by atoms with van der Waals surface area (Å²) in [5.74, 6) is 1.01. The van der Waals surface area contributed by atoms with Gasteiger partial charge in [-0.2, -0.15) is 0 Å². The molecule has 134 valence electrons. The minimum atomic E-state index is -0.271. The van der Waals surface area contributed by atoms with Gasteiger partial charge in [0.2, 0.25) is 6.79 Å². The number of carbonyl (C=O) groups excluding carboxylic acids is 1. The summed E-state index contributed by atoms with van der Waals surface area (Å²) in [6, 6.07) is 13.1. The van der Waals surface area contributed by atoms with Crippen LogP contribution < -0.4 is 20.5 Å². The highest BCUT2D eigenvalue weighted by atomic mass is 32.1. The Morgan fingerprint density at radius 3 is 2.89 bits per heavy atom. The average Bonchev–Trinajstić information content (AvgIpc) is 3.41. The van der Waals surface area contributed by atoms with Gasteiger partial charge in [-0.15, -0.1) is 22.7 Å². The number of fused-ring (bicyclic) bond motifs is 2. The van der Waals surface area contributed by atoms with Gasteiger partial charge >= 0.3 is 0 Å². The topological polar surface area (TPSA) is 86.5 Å². The zero-order valence-corrected chi connectivity index (χ0v) is 15.5. The number of aromatic nitrogens is 1. The Hall–Kier alpha value is -3.10. The fourth-order valence-corrected chi connectivity index (χ4v) is 4.57. The van der Waals surface area contributed by atoms with E-state index in [0.29, 0.717) is 27.8 Å². The van der Waals surface area contributed by atoms with Gasteiger partial charge in [0.1, 0.15) is 9.71 Å². The number of hydrogen-bond acceptors (Lipinski definition) is 7. The first-order valence-electron chi connectivity index (χ1n) is 8.13. The van der Waals surface area contributed by atoms with E-state index in [1.165, 1.54) is 11.3 Å². The molecule has 1 aromatic carbocycles. The van der Waals surface area contributed by atoms with E-state index in [0.717, 1.165) is 20.8 Å². The molecule has 3 N–H and O–H groups in total. The number of pyridine rings is 1. The standard InChI is InChI=1S/C19H13N3O3S2/c20-16-11-4-5-12(15-2-1-7-26-15)22-19(11)27-17(16)18(23)21-10-3-6-13-14(8-10)25-9-24-13/h1-8H,9,20H2,(H,21,23). The molecule has 1 amide bonds. The van der Waals surface area contributed by atoms with E-state index < -0.39 is 0 Å². The Labute approximate surface area is 162 Å². The quantitative estimate of drug-likeness (QED) is 0.530. The number of nitrogens with zero attached hydrogens (tertiary/aromatic N) is 1. The largest absolute Gasteiger partial charge is 0.454 e. The van der Waals surface area contributed by atoms with Crippen LogP contribution in [-0.4, -0.2) is 17.7 Å². The van der Waals surface area contributed by atoms with Gasteiger partial charge in [-0.05, 0) is 35.7 Å². The number of nitrogens with one attached hydrogen (secondary N) is 1. The summed E-state index contributed by atoms with van der Waals surface area (Å²) < 4.78 is 10.6. The number of rotatable bonds is 3. The van der Waals surface area contributed by atoms with Gasteiger partial charge in [-0.25, -0.2) is 4.98 Å². The van der Waals surface area contributed by atoms with Gasteiger partial charge in [0, 0.05) is 17.1 Å². The number of benzene rings is 1. The first-order chi connectivity index (χ1) is 13.2. The number of nitrogens with two attached hydrogens (primary N) is 1. The first-order valence-corrected chi connectivity index (χ1v) is 9.82. The third-order valence-electron chi connectivity index (χ3n) is 4.20. The summed E-state index contributed by atoms with van der Waals surface area (Å²) in [6.07, 6.45) is 0. The molecule has 1 aliphatic heterocycles. The second kappa shape index (κ2) is 6.26. The van der Waals surface area contributed by atoms with E-state index in [1.807, 2.05) is 29.6 Å². The molecule has 0 spiro atoms. The van der Waals surface area contributed by atoms with Crippen molar-refractivity contribution in [3.05, 3.63) is 52.7 Å². The molecular weight excluding hydrogens is 382 g/mol. The molecule has 3 aromatic heterocycles. The van der Waals surface area contributed by atoms with Crippen molar-refractivity contribution in [3.63, 3.8) is 0 Å². The van der Waals surface area contributed by atoms with E-state index >= 15 is 0 Å². The van der Waals surface area contributed by atoms with Crippen molar-refractivity contribution < 1.29 is 14.3 Å². The SMILES string of the molecule is Nc1c(C(=O)Nc2ccc3c(c2)OCO3)sc2nc(-c3cccs3)ccc12. The minimum Gasteiger partial charge on any atom is -0.454 e. The number of ether oxygens (including phenoxy) is 2. The lowest BCUT2D eigenvalue weighted by molar-refractivity contribution is 0.103. The van der Waals surface area contributed by atoms with E-state index in [1.54, 1.807) is 29.5 Å². The summed E-state index contributed by atoms with van der Waals surface area (Å²) in [6.45, 7) is 0.189. The molecule has 5 rings (SSSR count). The molecule has 0 saturated carbocycles. The average molecular weight is 395 g/mol. The van der Waals surface area contributed by atoms with E-state index in [9.17, 15) is 4.79 Å². The highest BCUT2D eigenvalue weighted by Gasteiger charge is 2.19. The molecule has 4 heterocycles. The molecule has 1 aliphatic rings. The Kier molecular flexibility index (Phi) is 3.73. The first kappa shape index (κ1) is 16.1. The van der Waals surface area contributed by atoms with Crippen LogP contribution >= 0.6 is 22.7 Å². The molecule has 0 saturated heterocycles. The molecule has 0 unspecified atom stereocenters. The summed E-state index contributed by atoms with van der Waals surface area (Å²) in [5.41, 5.74) is 8.16. The third-order valence-corrected chi connectivity index (χ3v) is 6.21. The molecule has 0 atom stereocenters. The maximum atomic E-state index is 12.7. The second-order valence-corrected chi connectivity index (χ2v) is 7.84. The number of hydrogen-bond donors (Lipinski definition) is 2. The summed E-state index contributed by atoms with van der Waals surface area (Å²) >= 11 is 2.91. The van der Waals surface area contributed by atoms with Crippen LogP contribution in [0.25, 0.3) is 20.8 Å². The maximum absolute atomic E-state index is 12.7. The van der Waals surface area contributed by atoms with Crippen molar-refractivity contribution in [3.8, 4) is 22.1 Å². The lowest BCUT2D eigenvalue weighted by atomic mass is 10.2. The Morgan fingerprint density at radius 1 is 1.15 bits per heavy atom. The van der Waals surface area contributed by atoms with Gasteiger partial charge in [0.25, 0.3) is 5.91 Å². The minimum absolute atomic E-state index is 0.189. The second-order valence-electron chi connectivity index (χ2n) is 5.89. The predicted molar refractivity (Wildman–Crippen MR) is 108 cm³/mol. The summed E-state index contributed by atoms with van der Waals surface area (Å²) in [7, 11) is 0. The van der Waals surface area contributed by atoms with Crippen molar-refractivity contribution in [1.82, 2.24) is 4.98 Å². The van der Waals surface area contributed by atoms with Crippen molar-refractivity contribution in [2.24, 2.45) is 0 Å². The Balaban J connectivity index is 1.47. The number of nitrogen functional groups attached to an aromatic ring is 1. The highest BCUT2D eigenvalue weighted by Crippen LogP contribution is 2.37. The molecule has 8 heteroatoms. The number of thiophene rings is 2. The van der Waals surface area contributed by atoms with Gasteiger partial charge in [-0.3, -0.25) is 4.79 Å². The molecule has 0 fully saturated rings. The number of carbonyl (C=O) groups is 1. The van der Waals surface area contributed by atoms with E-state index in [2.05, 4.69) is 10.3 Å². The normalized spacial score (nSPS) is 12.4. The third kappa shape index (κ3) is 2.79. The Morgan fingerprint density at radius 2 is 2.04 bits per heavy atom. The highest BCUT2D eigenvalue weighted by molar-refractivity contribution is 7.21. The molecule has 6 nitrogen and oxygen atoms in total. The fraction of sp³-hybridized carbons (Fsp3) is 0.0526.